The van der Waals surface area contributed by atoms with Gasteiger partial charge in [0.15, 0.2) is 17.0 Å². The van der Waals surface area contributed by atoms with E-state index in [0.29, 0.717) is 22.6 Å². The van der Waals surface area contributed by atoms with Gasteiger partial charge in [-0.1, -0.05) is 42.3 Å². The SMILES string of the molecule is COc1[c-]cccn1.N=C1OCC(F)Cn2nc(Cl)c3cnc(nc32)NC1=[C-]C1CC1.[K+]. The van der Waals surface area contributed by atoms with Gasteiger partial charge in [-0.3, -0.25) is 4.98 Å². The summed E-state index contributed by atoms with van der Waals surface area (Å²) in [6.07, 6.45) is 7.03. The number of rotatable bonds is 2. The van der Waals surface area contributed by atoms with Crippen LogP contribution in [0.1, 0.15) is 12.8 Å². The van der Waals surface area contributed by atoms with Crippen LogP contribution in [0.3, 0.4) is 0 Å². The van der Waals surface area contributed by atoms with Crippen LogP contribution in [0.4, 0.5) is 10.3 Å². The van der Waals surface area contributed by atoms with Crippen molar-refractivity contribution in [2.75, 3.05) is 19.0 Å². The summed E-state index contributed by atoms with van der Waals surface area (Å²) in [6, 6.07) is 6.33. The molecular formula is C20H19ClFKN7O2-. The van der Waals surface area contributed by atoms with Crippen LogP contribution < -0.4 is 61.4 Å². The van der Waals surface area contributed by atoms with Crippen molar-refractivity contribution < 1.29 is 65.2 Å². The van der Waals surface area contributed by atoms with E-state index < -0.39 is 6.17 Å². The van der Waals surface area contributed by atoms with Crippen molar-refractivity contribution in [1.82, 2.24) is 24.7 Å². The first-order valence-electron chi connectivity index (χ1n) is 9.55. The number of alkyl halides is 1. The van der Waals surface area contributed by atoms with Crippen molar-refractivity contribution in [1.29, 1.82) is 5.41 Å². The van der Waals surface area contributed by atoms with Crippen LogP contribution >= 0.6 is 11.6 Å². The largest absolute Gasteiger partial charge is 1.00 e. The second-order valence-corrected chi connectivity index (χ2v) is 7.21. The molecule has 0 spiro atoms. The molecule has 1 unspecified atom stereocenters. The minimum absolute atomic E-state index is 0. The number of nitrogens with one attached hydrogen (secondary N) is 2. The fraction of sp³-hybridized carbons (Fsp3) is 0.350. The van der Waals surface area contributed by atoms with Crippen molar-refractivity contribution >= 4 is 34.5 Å². The summed E-state index contributed by atoms with van der Waals surface area (Å²) in [5, 5.41) is 15.8. The number of aromatic nitrogens is 5. The van der Waals surface area contributed by atoms with Crippen LogP contribution in [0.2, 0.25) is 5.15 Å². The van der Waals surface area contributed by atoms with Gasteiger partial charge in [0, 0.05) is 6.20 Å². The Balaban J connectivity index is 0.000000274. The topological polar surface area (TPSA) is 111 Å². The van der Waals surface area contributed by atoms with E-state index >= 15 is 0 Å². The minimum atomic E-state index is -1.34. The molecule has 2 bridgehead atoms. The maximum atomic E-state index is 14.1. The third-order valence-electron chi connectivity index (χ3n) is 4.39. The summed E-state index contributed by atoms with van der Waals surface area (Å²) in [7, 11) is 1.57. The normalized spacial score (nSPS) is 19.2. The van der Waals surface area contributed by atoms with E-state index in [4.69, 9.17) is 26.5 Å². The number of ether oxygens (including phenoxy) is 2. The standard InChI is InChI=1S/C14H13ClFN6O.C6H6NO.K/c15-11-9-4-18-14-19-10(3-7-1-2-7)12(17)23-6-8(16)5-22(21-11)13(9)20-14;1-8-6-4-2-3-5-7-6;/h4,7-8,17H,1-2,5-6H2,(H,18,19,20);2-3,5H,1H3;/q2*-1;+1. The number of methoxy groups -OCH3 is 1. The van der Waals surface area contributed by atoms with Crippen molar-refractivity contribution in [3.05, 3.63) is 47.5 Å². The van der Waals surface area contributed by atoms with Crippen molar-refractivity contribution in [2.45, 2.75) is 25.6 Å². The van der Waals surface area contributed by atoms with Crippen molar-refractivity contribution in [3.8, 4) is 5.88 Å². The Morgan fingerprint density at radius 1 is 1.41 bits per heavy atom. The molecule has 5 rings (SSSR count). The molecule has 3 aromatic heterocycles. The molecule has 1 aliphatic carbocycles. The number of hydrogen-bond donors (Lipinski definition) is 2. The van der Waals surface area contributed by atoms with Gasteiger partial charge >= 0.3 is 51.4 Å². The third-order valence-corrected chi connectivity index (χ3v) is 4.67. The van der Waals surface area contributed by atoms with Gasteiger partial charge in [-0.05, 0) is 0 Å². The zero-order valence-electron chi connectivity index (χ0n) is 17.6. The first kappa shape index (κ1) is 25.0. The molecule has 1 aliphatic heterocycles. The van der Waals surface area contributed by atoms with Crippen LogP contribution in [0, 0.1) is 23.5 Å². The Morgan fingerprint density at radius 2 is 2.22 bits per heavy atom. The predicted octanol–water partition coefficient (Wildman–Crippen LogP) is 0.229. The second kappa shape index (κ2) is 11.5. The van der Waals surface area contributed by atoms with Gasteiger partial charge in [0.05, 0.1) is 31.5 Å². The molecule has 2 N–H and O–H groups in total. The molecule has 162 valence electrons. The number of pyridine rings is 1. The van der Waals surface area contributed by atoms with E-state index in [1.54, 1.807) is 25.4 Å². The van der Waals surface area contributed by atoms with Gasteiger partial charge in [0.2, 0.25) is 5.95 Å². The summed E-state index contributed by atoms with van der Waals surface area (Å²) in [6.45, 7) is -0.308. The molecular weight excluding hydrogens is 464 g/mol. The Labute approximate surface area is 231 Å². The molecule has 3 aromatic rings. The Morgan fingerprint density at radius 3 is 2.88 bits per heavy atom. The number of halogens is 2. The Bertz CT molecular complexity index is 1110. The molecule has 1 saturated carbocycles. The molecule has 1 atom stereocenters. The smallest absolute Gasteiger partial charge is 0.558 e. The molecule has 2 aliphatic rings. The number of allylic oxidation sites excluding steroid dienone is 1. The van der Waals surface area contributed by atoms with E-state index in [1.165, 1.54) is 10.9 Å². The van der Waals surface area contributed by atoms with Gasteiger partial charge in [0.1, 0.15) is 5.88 Å². The maximum absolute atomic E-state index is 14.1. The molecule has 0 radical (unpaired) electrons. The zero-order chi connectivity index (χ0) is 21.8. The second-order valence-electron chi connectivity index (χ2n) is 6.85. The summed E-state index contributed by atoms with van der Waals surface area (Å²) in [5.74, 6) is 0.925. The van der Waals surface area contributed by atoms with Crippen molar-refractivity contribution in [2.24, 2.45) is 5.92 Å². The molecule has 32 heavy (non-hydrogen) atoms. The molecule has 4 heterocycles. The summed E-state index contributed by atoms with van der Waals surface area (Å²) in [4.78, 5) is 12.3. The molecule has 0 aromatic carbocycles. The molecule has 0 saturated heterocycles. The maximum Gasteiger partial charge on any atom is 1.00 e. The average Bonchev–Trinajstić information content (AvgIpc) is 3.56. The summed E-state index contributed by atoms with van der Waals surface area (Å²) >= 11 is 6.04. The number of fused-ring (bicyclic) bond motifs is 1. The first-order valence-corrected chi connectivity index (χ1v) is 9.93. The fourth-order valence-electron chi connectivity index (χ4n) is 2.72. The zero-order valence-corrected chi connectivity index (χ0v) is 21.5. The fourth-order valence-corrected chi connectivity index (χ4v) is 2.94. The van der Waals surface area contributed by atoms with Gasteiger partial charge < -0.3 is 20.2 Å². The van der Waals surface area contributed by atoms with Crippen LogP contribution in [0.15, 0.2) is 30.2 Å². The van der Waals surface area contributed by atoms with E-state index in [9.17, 15) is 4.39 Å². The van der Waals surface area contributed by atoms with E-state index in [-0.39, 0.29) is 87.5 Å². The van der Waals surface area contributed by atoms with Crippen LogP contribution in [-0.2, 0) is 11.3 Å². The van der Waals surface area contributed by atoms with E-state index in [1.807, 2.05) is 0 Å². The minimum Gasteiger partial charge on any atom is -0.558 e. The quantitative estimate of drug-likeness (QED) is 0.397. The van der Waals surface area contributed by atoms with Gasteiger partial charge in [-0.2, -0.15) is 22.2 Å². The van der Waals surface area contributed by atoms with Gasteiger partial charge in [-0.15, -0.1) is 0 Å². The van der Waals surface area contributed by atoms with Crippen LogP contribution in [0.25, 0.3) is 11.0 Å². The Hall–Kier alpha value is -1.63. The molecule has 0 amide bonds. The summed E-state index contributed by atoms with van der Waals surface area (Å²) < 4.78 is 25.5. The third kappa shape index (κ3) is 6.46. The van der Waals surface area contributed by atoms with Crippen LogP contribution in [-0.4, -0.2) is 50.5 Å². The van der Waals surface area contributed by atoms with E-state index in [2.05, 4.69) is 37.5 Å². The molecule has 1 fully saturated rings. The van der Waals surface area contributed by atoms with Crippen molar-refractivity contribution in [3.63, 3.8) is 0 Å². The molecule has 12 heteroatoms. The van der Waals surface area contributed by atoms with Gasteiger partial charge in [-0.25, -0.2) is 26.2 Å². The van der Waals surface area contributed by atoms with E-state index in [0.717, 1.165) is 12.8 Å². The average molecular weight is 483 g/mol. The number of anilines is 1. The number of hydrogen-bond acceptors (Lipinski definition) is 8. The monoisotopic (exact) mass is 482 g/mol. The number of nitrogens with zero attached hydrogens (tertiary/aromatic N) is 5. The summed E-state index contributed by atoms with van der Waals surface area (Å²) in [5.41, 5.74) is 0.771. The van der Waals surface area contributed by atoms with Gasteiger partial charge in [0.25, 0.3) is 0 Å². The first-order chi connectivity index (χ1) is 15.0. The predicted molar refractivity (Wildman–Crippen MR) is 112 cm³/mol. The molecule has 9 nitrogen and oxygen atoms in total. The Kier molecular flexibility index (Phi) is 8.97. The van der Waals surface area contributed by atoms with Crippen LogP contribution in [0.5, 0.6) is 5.88 Å².